The molecule has 1 aromatic heterocycles. The Morgan fingerprint density at radius 1 is 1.46 bits per heavy atom. The van der Waals surface area contributed by atoms with Crippen LogP contribution in [0.1, 0.15) is 38.6 Å². The van der Waals surface area contributed by atoms with Crippen LogP contribution in [0.4, 0.5) is 0 Å². The van der Waals surface area contributed by atoms with E-state index in [-0.39, 0.29) is 6.10 Å². The number of aromatic nitrogens is 2. The molecule has 4 heteroatoms. The highest BCUT2D eigenvalue weighted by Crippen LogP contribution is 2.22. The Hall–Kier alpha value is -0.900. The van der Waals surface area contributed by atoms with Crippen molar-refractivity contribution in [2.24, 2.45) is 5.92 Å². The van der Waals surface area contributed by atoms with E-state index in [1.54, 1.807) is 6.92 Å². The van der Waals surface area contributed by atoms with Crippen LogP contribution in [0.3, 0.4) is 0 Å². The van der Waals surface area contributed by atoms with Gasteiger partial charge in [0.2, 0.25) is 11.7 Å². The fourth-order valence-corrected chi connectivity index (χ4v) is 1.18. The minimum atomic E-state index is -0.0533. The van der Waals surface area contributed by atoms with Gasteiger partial charge in [0.25, 0.3) is 0 Å². The first-order chi connectivity index (χ1) is 6.15. The van der Waals surface area contributed by atoms with Gasteiger partial charge in [0.05, 0.1) is 0 Å². The van der Waals surface area contributed by atoms with Gasteiger partial charge in [-0.05, 0) is 12.8 Å². The summed E-state index contributed by atoms with van der Waals surface area (Å²) in [5, 5.41) is 3.84. The zero-order valence-electron chi connectivity index (χ0n) is 8.57. The lowest BCUT2D eigenvalue weighted by molar-refractivity contribution is 0.0217. The molecular formula is C9H16N2O2. The quantitative estimate of drug-likeness (QED) is 0.719. The largest absolute Gasteiger partial charge is 0.370 e. The van der Waals surface area contributed by atoms with Crippen LogP contribution >= 0.6 is 0 Å². The van der Waals surface area contributed by atoms with Gasteiger partial charge >= 0.3 is 0 Å². The normalized spacial score (nSPS) is 13.6. The third-order valence-electron chi connectivity index (χ3n) is 1.75. The van der Waals surface area contributed by atoms with E-state index in [1.165, 1.54) is 0 Å². The molecule has 13 heavy (non-hydrogen) atoms. The molecule has 0 bridgehead atoms. The average Bonchev–Trinajstić information content (AvgIpc) is 2.46. The third-order valence-corrected chi connectivity index (χ3v) is 1.75. The van der Waals surface area contributed by atoms with E-state index in [1.807, 2.05) is 6.92 Å². The number of hydrogen-bond donors (Lipinski definition) is 0. The highest BCUT2D eigenvalue weighted by Gasteiger charge is 2.20. The Balaban J connectivity index is 2.75. The molecule has 0 aliphatic heterocycles. The summed E-state index contributed by atoms with van der Waals surface area (Å²) in [6.45, 7) is 8.55. The Morgan fingerprint density at radius 3 is 2.54 bits per heavy atom. The Bertz CT molecular complexity index is 258. The molecule has 0 aliphatic carbocycles. The molecule has 0 aliphatic rings. The molecule has 1 aromatic rings. The number of aryl methyl sites for hydroxylation is 1. The molecule has 0 radical (unpaired) electrons. The second-order valence-electron chi connectivity index (χ2n) is 3.29. The first kappa shape index (κ1) is 10.2. The maximum absolute atomic E-state index is 5.52. The molecule has 0 unspecified atom stereocenters. The van der Waals surface area contributed by atoms with Gasteiger partial charge in [-0.2, -0.15) is 4.98 Å². The van der Waals surface area contributed by atoms with Crippen molar-refractivity contribution in [2.45, 2.75) is 33.8 Å². The smallest absolute Gasteiger partial charge is 0.223 e. The average molecular weight is 184 g/mol. The van der Waals surface area contributed by atoms with Gasteiger partial charge in [-0.3, -0.25) is 0 Å². The van der Waals surface area contributed by atoms with Gasteiger partial charge in [-0.25, -0.2) is 0 Å². The van der Waals surface area contributed by atoms with E-state index in [0.29, 0.717) is 24.2 Å². The van der Waals surface area contributed by atoms with Crippen molar-refractivity contribution in [3.63, 3.8) is 0 Å². The molecule has 74 valence electrons. The van der Waals surface area contributed by atoms with Crippen molar-refractivity contribution >= 4 is 0 Å². The maximum Gasteiger partial charge on any atom is 0.223 e. The molecule has 0 fully saturated rings. The van der Waals surface area contributed by atoms with Crippen molar-refractivity contribution in [2.75, 3.05) is 6.61 Å². The van der Waals surface area contributed by atoms with Crippen LogP contribution in [0.25, 0.3) is 0 Å². The molecule has 0 amide bonds. The number of rotatable bonds is 4. The van der Waals surface area contributed by atoms with Crippen molar-refractivity contribution < 1.29 is 9.26 Å². The molecule has 1 heterocycles. The van der Waals surface area contributed by atoms with Gasteiger partial charge in [0, 0.05) is 13.5 Å². The Labute approximate surface area is 78.3 Å². The monoisotopic (exact) mass is 184 g/mol. The van der Waals surface area contributed by atoms with Crippen molar-refractivity contribution in [3.05, 3.63) is 11.7 Å². The number of ether oxygens (including phenoxy) is 1. The second-order valence-corrected chi connectivity index (χ2v) is 3.29. The summed E-state index contributed by atoms with van der Waals surface area (Å²) in [7, 11) is 0. The van der Waals surface area contributed by atoms with Crippen LogP contribution in [0, 0.1) is 12.8 Å². The number of nitrogens with zero attached hydrogens (tertiary/aromatic N) is 2. The summed E-state index contributed by atoms with van der Waals surface area (Å²) >= 11 is 0. The predicted molar refractivity (Wildman–Crippen MR) is 48.2 cm³/mol. The Morgan fingerprint density at radius 2 is 2.15 bits per heavy atom. The summed E-state index contributed by atoms with van der Waals surface area (Å²) in [6, 6.07) is 0. The van der Waals surface area contributed by atoms with Gasteiger partial charge in [-0.1, -0.05) is 19.0 Å². The summed E-state index contributed by atoms with van der Waals surface area (Å²) in [6.07, 6.45) is -0.0533. The predicted octanol–water partition coefficient (Wildman–Crippen LogP) is 2.11. The van der Waals surface area contributed by atoms with Crippen LogP contribution < -0.4 is 0 Å². The van der Waals surface area contributed by atoms with Crippen LogP contribution in [0.15, 0.2) is 4.52 Å². The van der Waals surface area contributed by atoms with Crippen molar-refractivity contribution in [1.82, 2.24) is 10.1 Å². The van der Waals surface area contributed by atoms with E-state index in [4.69, 9.17) is 9.26 Å². The lowest BCUT2D eigenvalue weighted by atomic mass is 10.1. The zero-order valence-corrected chi connectivity index (χ0v) is 8.57. The summed E-state index contributed by atoms with van der Waals surface area (Å²) in [4.78, 5) is 4.15. The molecule has 4 nitrogen and oxygen atoms in total. The van der Waals surface area contributed by atoms with Crippen LogP contribution in [0.2, 0.25) is 0 Å². The zero-order chi connectivity index (χ0) is 9.84. The van der Waals surface area contributed by atoms with Gasteiger partial charge in [-0.15, -0.1) is 0 Å². The first-order valence-corrected chi connectivity index (χ1v) is 4.57. The minimum Gasteiger partial charge on any atom is -0.370 e. The van der Waals surface area contributed by atoms with E-state index in [9.17, 15) is 0 Å². The summed E-state index contributed by atoms with van der Waals surface area (Å²) < 4.78 is 10.4. The highest BCUT2D eigenvalue weighted by atomic mass is 16.5. The molecule has 0 spiro atoms. The lowest BCUT2D eigenvalue weighted by Gasteiger charge is -2.16. The third kappa shape index (κ3) is 2.52. The Kier molecular flexibility index (Phi) is 3.42. The first-order valence-electron chi connectivity index (χ1n) is 4.57. The number of hydrogen-bond acceptors (Lipinski definition) is 4. The van der Waals surface area contributed by atoms with Crippen LogP contribution in [0.5, 0.6) is 0 Å². The van der Waals surface area contributed by atoms with Crippen molar-refractivity contribution in [1.29, 1.82) is 0 Å². The van der Waals surface area contributed by atoms with Crippen molar-refractivity contribution in [3.8, 4) is 0 Å². The molecule has 0 N–H and O–H groups in total. The topological polar surface area (TPSA) is 48.2 Å². The van der Waals surface area contributed by atoms with E-state index >= 15 is 0 Å². The fraction of sp³-hybridized carbons (Fsp3) is 0.778. The van der Waals surface area contributed by atoms with Gasteiger partial charge in [0.15, 0.2) is 0 Å². The van der Waals surface area contributed by atoms with E-state index in [2.05, 4.69) is 24.0 Å². The van der Waals surface area contributed by atoms with Gasteiger partial charge in [0.1, 0.15) is 6.10 Å². The van der Waals surface area contributed by atoms with Gasteiger partial charge < -0.3 is 9.26 Å². The summed E-state index contributed by atoms with van der Waals surface area (Å²) in [5.74, 6) is 1.59. The molecular weight excluding hydrogens is 168 g/mol. The lowest BCUT2D eigenvalue weighted by Crippen LogP contribution is -2.12. The van der Waals surface area contributed by atoms with E-state index in [0.717, 1.165) is 0 Å². The summed E-state index contributed by atoms with van der Waals surface area (Å²) in [5.41, 5.74) is 0. The molecule has 1 rings (SSSR count). The molecule has 1 atom stereocenters. The minimum absolute atomic E-state index is 0.0533. The molecule has 0 saturated heterocycles. The standard InChI is InChI=1S/C9H16N2O2/c1-5-12-8(6(2)3)9-10-7(4)13-11-9/h6,8H,5H2,1-4H3/t8-/m0/s1. The molecule has 0 aromatic carbocycles. The van der Waals surface area contributed by atoms with E-state index < -0.39 is 0 Å². The highest BCUT2D eigenvalue weighted by molar-refractivity contribution is 4.91. The SMILES string of the molecule is CCO[C@H](c1noc(C)n1)C(C)C. The fourth-order valence-electron chi connectivity index (χ4n) is 1.18. The van der Waals surface area contributed by atoms with Crippen LogP contribution in [-0.2, 0) is 4.74 Å². The second kappa shape index (κ2) is 4.37. The van der Waals surface area contributed by atoms with Crippen LogP contribution in [-0.4, -0.2) is 16.7 Å². The maximum atomic E-state index is 5.52. The molecule has 0 saturated carbocycles.